The summed E-state index contributed by atoms with van der Waals surface area (Å²) in [6.45, 7) is 9.13. The average Bonchev–Trinajstić information content (AvgIpc) is 2.36. The first-order chi connectivity index (χ1) is 8.72. The van der Waals surface area contributed by atoms with Crippen molar-refractivity contribution in [2.45, 2.75) is 46.6 Å². The summed E-state index contributed by atoms with van der Waals surface area (Å²) >= 11 is 0. The number of pyridine rings is 1. The van der Waals surface area contributed by atoms with Gasteiger partial charge in [0.15, 0.2) is 0 Å². The summed E-state index contributed by atoms with van der Waals surface area (Å²) in [5.41, 5.74) is 1.19. The van der Waals surface area contributed by atoms with Gasteiger partial charge in [-0.25, -0.2) is 4.98 Å². The van der Waals surface area contributed by atoms with Crippen LogP contribution in [-0.2, 0) is 11.3 Å². The number of aromatic nitrogens is 1. The molecule has 3 nitrogen and oxygen atoms in total. The lowest BCUT2D eigenvalue weighted by atomic mass is 10.1. The van der Waals surface area contributed by atoms with Gasteiger partial charge in [-0.05, 0) is 42.9 Å². The van der Waals surface area contributed by atoms with Gasteiger partial charge in [0.05, 0.1) is 6.61 Å². The standard InChI is InChI=1S/C15H26N2O/c1-4-8-16-15-11-14(7-9-17-15)12-18-10-5-6-13(2)3/h7,9,11,13H,4-6,8,10,12H2,1-3H3,(H,16,17). The minimum atomic E-state index is 0.682. The predicted molar refractivity (Wildman–Crippen MR) is 76.7 cm³/mol. The Bertz CT molecular complexity index is 326. The Kier molecular flexibility index (Phi) is 7.42. The van der Waals surface area contributed by atoms with E-state index < -0.39 is 0 Å². The van der Waals surface area contributed by atoms with Crippen molar-refractivity contribution in [2.24, 2.45) is 5.92 Å². The van der Waals surface area contributed by atoms with Crippen LogP contribution in [0.2, 0.25) is 0 Å². The van der Waals surface area contributed by atoms with Crippen molar-refractivity contribution in [1.82, 2.24) is 4.98 Å². The number of anilines is 1. The Morgan fingerprint density at radius 2 is 2.22 bits per heavy atom. The fourth-order valence-electron chi connectivity index (χ4n) is 1.70. The maximum atomic E-state index is 5.67. The molecule has 0 aliphatic heterocycles. The molecule has 1 heterocycles. The van der Waals surface area contributed by atoms with Gasteiger partial charge in [-0.15, -0.1) is 0 Å². The molecule has 0 spiro atoms. The molecule has 0 radical (unpaired) electrons. The summed E-state index contributed by atoms with van der Waals surface area (Å²) in [4.78, 5) is 4.28. The number of ether oxygens (including phenoxy) is 1. The summed E-state index contributed by atoms with van der Waals surface area (Å²) in [5, 5.41) is 3.28. The predicted octanol–water partition coefficient (Wildman–Crippen LogP) is 3.86. The van der Waals surface area contributed by atoms with Crippen LogP contribution < -0.4 is 5.32 Å². The lowest BCUT2D eigenvalue weighted by molar-refractivity contribution is 0.115. The number of nitrogens with zero attached hydrogens (tertiary/aromatic N) is 1. The van der Waals surface area contributed by atoms with Crippen LogP contribution in [0.25, 0.3) is 0 Å². The maximum Gasteiger partial charge on any atom is 0.126 e. The highest BCUT2D eigenvalue weighted by Crippen LogP contribution is 2.09. The normalized spacial score (nSPS) is 10.9. The maximum absolute atomic E-state index is 5.67. The zero-order chi connectivity index (χ0) is 13.2. The zero-order valence-corrected chi connectivity index (χ0v) is 11.9. The third-order valence-electron chi connectivity index (χ3n) is 2.72. The van der Waals surface area contributed by atoms with Crippen molar-refractivity contribution >= 4 is 5.82 Å². The molecule has 1 aromatic rings. The first-order valence-electron chi connectivity index (χ1n) is 6.99. The summed E-state index contributed by atoms with van der Waals surface area (Å²) in [6, 6.07) is 4.08. The lowest BCUT2D eigenvalue weighted by Crippen LogP contribution is -2.03. The Hall–Kier alpha value is -1.09. The molecule has 1 rings (SSSR count). The van der Waals surface area contributed by atoms with E-state index in [1.54, 1.807) is 0 Å². The van der Waals surface area contributed by atoms with E-state index in [2.05, 4.69) is 37.1 Å². The fraction of sp³-hybridized carbons (Fsp3) is 0.667. The van der Waals surface area contributed by atoms with E-state index in [1.165, 1.54) is 12.0 Å². The third kappa shape index (κ3) is 6.60. The van der Waals surface area contributed by atoms with Crippen molar-refractivity contribution in [3.8, 4) is 0 Å². The molecule has 0 fully saturated rings. The van der Waals surface area contributed by atoms with Crippen LogP contribution in [0.5, 0.6) is 0 Å². The quantitative estimate of drug-likeness (QED) is 0.676. The number of rotatable bonds is 9. The van der Waals surface area contributed by atoms with Crippen molar-refractivity contribution in [3.05, 3.63) is 23.9 Å². The van der Waals surface area contributed by atoms with E-state index in [9.17, 15) is 0 Å². The highest BCUT2D eigenvalue weighted by atomic mass is 16.5. The molecule has 102 valence electrons. The van der Waals surface area contributed by atoms with Gasteiger partial charge >= 0.3 is 0 Å². The second-order valence-electron chi connectivity index (χ2n) is 5.06. The molecule has 0 atom stereocenters. The molecule has 0 saturated heterocycles. The van der Waals surface area contributed by atoms with Gasteiger partial charge in [0.1, 0.15) is 5.82 Å². The Morgan fingerprint density at radius 3 is 2.94 bits per heavy atom. The summed E-state index contributed by atoms with van der Waals surface area (Å²) < 4.78 is 5.67. The first kappa shape index (κ1) is 15.0. The average molecular weight is 250 g/mol. The Labute approximate surface area is 111 Å². The van der Waals surface area contributed by atoms with Gasteiger partial charge in [0, 0.05) is 19.3 Å². The van der Waals surface area contributed by atoms with E-state index in [0.717, 1.165) is 37.7 Å². The van der Waals surface area contributed by atoms with Crippen LogP contribution in [0.3, 0.4) is 0 Å². The zero-order valence-electron chi connectivity index (χ0n) is 11.9. The first-order valence-corrected chi connectivity index (χ1v) is 6.99. The van der Waals surface area contributed by atoms with E-state index in [1.807, 2.05) is 12.3 Å². The number of nitrogens with one attached hydrogen (secondary N) is 1. The second kappa shape index (κ2) is 8.92. The van der Waals surface area contributed by atoms with Gasteiger partial charge in [0.25, 0.3) is 0 Å². The van der Waals surface area contributed by atoms with Crippen LogP contribution in [0.15, 0.2) is 18.3 Å². The molecule has 0 aromatic carbocycles. The van der Waals surface area contributed by atoms with Gasteiger partial charge in [-0.3, -0.25) is 0 Å². The number of hydrogen-bond donors (Lipinski definition) is 1. The van der Waals surface area contributed by atoms with Crippen molar-refractivity contribution in [2.75, 3.05) is 18.5 Å². The summed E-state index contributed by atoms with van der Waals surface area (Å²) in [6.07, 6.45) is 5.33. The molecular formula is C15H26N2O. The highest BCUT2D eigenvalue weighted by Gasteiger charge is 1.98. The van der Waals surface area contributed by atoms with Crippen LogP contribution in [0.1, 0.15) is 45.6 Å². The molecular weight excluding hydrogens is 224 g/mol. The van der Waals surface area contributed by atoms with Crippen LogP contribution in [0, 0.1) is 5.92 Å². The monoisotopic (exact) mass is 250 g/mol. The highest BCUT2D eigenvalue weighted by molar-refractivity contribution is 5.37. The topological polar surface area (TPSA) is 34.1 Å². The molecule has 18 heavy (non-hydrogen) atoms. The Morgan fingerprint density at radius 1 is 1.39 bits per heavy atom. The van der Waals surface area contributed by atoms with Crippen LogP contribution >= 0.6 is 0 Å². The van der Waals surface area contributed by atoms with Crippen LogP contribution in [0.4, 0.5) is 5.82 Å². The largest absolute Gasteiger partial charge is 0.377 e. The molecule has 3 heteroatoms. The van der Waals surface area contributed by atoms with E-state index in [4.69, 9.17) is 4.74 Å². The van der Waals surface area contributed by atoms with Crippen molar-refractivity contribution < 1.29 is 4.74 Å². The van der Waals surface area contributed by atoms with Gasteiger partial charge in [-0.1, -0.05) is 20.8 Å². The van der Waals surface area contributed by atoms with Gasteiger partial charge in [-0.2, -0.15) is 0 Å². The molecule has 0 aliphatic carbocycles. The lowest BCUT2D eigenvalue weighted by Gasteiger charge is -2.08. The minimum absolute atomic E-state index is 0.682. The molecule has 1 aromatic heterocycles. The van der Waals surface area contributed by atoms with E-state index in [-0.39, 0.29) is 0 Å². The van der Waals surface area contributed by atoms with Crippen molar-refractivity contribution in [1.29, 1.82) is 0 Å². The SMILES string of the molecule is CCCNc1cc(COCCCC(C)C)ccn1. The summed E-state index contributed by atoms with van der Waals surface area (Å²) in [5.74, 6) is 1.71. The van der Waals surface area contributed by atoms with Gasteiger partial charge in [0.2, 0.25) is 0 Å². The smallest absolute Gasteiger partial charge is 0.126 e. The van der Waals surface area contributed by atoms with Crippen LogP contribution in [-0.4, -0.2) is 18.1 Å². The summed E-state index contributed by atoms with van der Waals surface area (Å²) in [7, 11) is 0. The molecule has 0 bridgehead atoms. The Balaban J connectivity index is 2.24. The minimum Gasteiger partial charge on any atom is -0.377 e. The van der Waals surface area contributed by atoms with E-state index in [0.29, 0.717) is 6.61 Å². The second-order valence-corrected chi connectivity index (χ2v) is 5.06. The molecule has 0 amide bonds. The van der Waals surface area contributed by atoms with Gasteiger partial charge < -0.3 is 10.1 Å². The molecule has 1 N–H and O–H groups in total. The fourth-order valence-corrected chi connectivity index (χ4v) is 1.70. The van der Waals surface area contributed by atoms with Crippen molar-refractivity contribution in [3.63, 3.8) is 0 Å². The molecule has 0 aliphatic rings. The number of hydrogen-bond acceptors (Lipinski definition) is 3. The molecule has 0 saturated carbocycles. The molecule has 0 unspecified atom stereocenters. The van der Waals surface area contributed by atoms with E-state index >= 15 is 0 Å². The third-order valence-corrected chi connectivity index (χ3v) is 2.72.